The Kier molecular flexibility index (Phi) is 4.42. The summed E-state index contributed by atoms with van der Waals surface area (Å²) < 4.78 is 21.4. The fourth-order valence-corrected chi connectivity index (χ4v) is 2.59. The number of nitrogens with zero attached hydrogens (tertiary/aromatic N) is 3. The van der Waals surface area contributed by atoms with Gasteiger partial charge in [0.2, 0.25) is 11.8 Å². The van der Waals surface area contributed by atoms with Gasteiger partial charge in [-0.1, -0.05) is 18.0 Å². The van der Waals surface area contributed by atoms with E-state index in [1.54, 1.807) is 26.5 Å². The molecule has 3 aromatic rings. The Morgan fingerprint density at radius 3 is 2.39 bits per heavy atom. The monoisotopic (exact) mass is 332 g/mol. The Hall–Kier alpha value is -2.61. The van der Waals surface area contributed by atoms with Crippen molar-refractivity contribution in [3.8, 4) is 28.8 Å². The molecule has 0 aliphatic heterocycles. The molecule has 2 aromatic heterocycles. The molecule has 120 valence electrons. The number of ether oxygens (including phenoxy) is 2. The fourth-order valence-electron chi connectivity index (χ4n) is 2.27. The van der Waals surface area contributed by atoms with E-state index in [0.717, 1.165) is 0 Å². The number of aromatic nitrogens is 3. The molecule has 0 unspecified atom stereocenters. The van der Waals surface area contributed by atoms with Gasteiger partial charge in [-0.05, 0) is 24.3 Å². The van der Waals surface area contributed by atoms with Gasteiger partial charge in [-0.15, -0.1) is 10.2 Å². The number of methoxy groups -OCH3 is 2. The van der Waals surface area contributed by atoms with Crippen LogP contribution >= 0.6 is 11.9 Å². The summed E-state index contributed by atoms with van der Waals surface area (Å²) in [5.74, 6) is 2.97. The molecule has 8 heteroatoms. The third-order valence-corrected chi connectivity index (χ3v) is 3.61. The van der Waals surface area contributed by atoms with Gasteiger partial charge in [0, 0.05) is 6.26 Å². The van der Waals surface area contributed by atoms with Crippen molar-refractivity contribution in [1.82, 2.24) is 14.8 Å². The molecule has 0 atom stereocenters. The van der Waals surface area contributed by atoms with E-state index in [1.807, 2.05) is 35.1 Å². The second-order valence-corrected chi connectivity index (χ2v) is 5.09. The molecule has 0 saturated carbocycles. The summed E-state index contributed by atoms with van der Waals surface area (Å²) in [6.45, 7) is 0. The number of nitrogens with one attached hydrogen (secondary N) is 1. The van der Waals surface area contributed by atoms with Crippen molar-refractivity contribution in [2.24, 2.45) is 0 Å². The first-order valence-corrected chi connectivity index (χ1v) is 8.02. The summed E-state index contributed by atoms with van der Waals surface area (Å²) in [5.41, 5.74) is 0.699. The molecule has 0 spiro atoms. The molecule has 0 aliphatic rings. The summed E-state index contributed by atoms with van der Waals surface area (Å²) in [6, 6.07) is 9.19. The first-order valence-electron chi connectivity index (χ1n) is 6.79. The minimum atomic E-state index is 0.548. The van der Waals surface area contributed by atoms with Gasteiger partial charge >= 0.3 is 0 Å². The summed E-state index contributed by atoms with van der Waals surface area (Å²) in [5, 5.41) is 8.44. The van der Waals surface area contributed by atoms with Crippen LogP contribution in [0.25, 0.3) is 17.3 Å². The van der Waals surface area contributed by atoms with Crippen LogP contribution in [0.15, 0.2) is 41.0 Å². The highest BCUT2D eigenvalue weighted by Crippen LogP contribution is 2.37. The summed E-state index contributed by atoms with van der Waals surface area (Å²) in [6.07, 6.45) is 3.50. The lowest BCUT2D eigenvalue weighted by molar-refractivity contribution is 0.391. The van der Waals surface area contributed by atoms with Crippen LogP contribution in [0, 0.1) is 0 Å². The average Bonchev–Trinajstić information content (AvgIpc) is 3.23. The van der Waals surface area contributed by atoms with Gasteiger partial charge in [0.25, 0.3) is 0 Å². The number of hydrogen-bond donors (Lipinski definition) is 1. The third kappa shape index (κ3) is 2.72. The van der Waals surface area contributed by atoms with Crippen molar-refractivity contribution >= 4 is 17.9 Å². The fraction of sp³-hybridized carbons (Fsp3) is 0.200. The van der Waals surface area contributed by atoms with E-state index in [0.29, 0.717) is 34.7 Å². The summed E-state index contributed by atoms with van der Waals surface area (Å²) in [4.78, 5) is 0. The van der Waals surface area contributed by atoms with Gasteiger partial charge in [-0.25, -0.2) is 0 Å². The van der Waals surface area contributed by atoms with E-state index in [1.165, 1.54) is 11.9 Å². The Morgan fingerprint density at radius 1 is 1.09 bits per heavy atom. The quantitative estimate of drug-likeness (QED) is 0.695. The summed E-state index contributed by atoms with van der Waals surface area (Å²) >= 11 is 1.42. The van der Waals surface area contributed by atoms with E-state index in [-0.39, 0.29) is 0 Å². The lowest BCUT2D eigenvalue weighted by Gasteiger charge is -2.16. The molecular formula is C15H16N4O3S. The van der Waals surface area contributed by atoms with Crippen LogP contribution in [-0.4, -0.2) is 35.2 Å². The van der Waals surface area contributed by atoms with Gasteiger partial charge < -0.3 is 13.9 Å². The average molecular weight is 332 g/mol. The SMILES string of the molecule is COc1cccc(OC)c1-n1c(NSC)nnc1-c1ccco1. The molecule has 0 radical (unpaired) electrons. The van der Waals surface area contributed by atoms with Gasteiger partial charge in [0.05, 0.1) is 20.5 Å². The van der Waals surface area contributed by atoms with Crippen LogP contribution in [0.5, 0.6) is 11.5 Å². The normalized spacial score (nSPS) is 10.6. The number of rotatable bonds is 6. The van der Waals surface area contributed by atoms with Crippen molar-refractivity contribution < 1.29 is 13.9 Å². The summed E-state index contributed by atoms with van der Waals surface area (Å²) in [7, 11) is 3.22. The Balaban J connectivity index is 2.28. The van der Waals surface area contributed by atoms with Gasteiger partial charge in [0.15, 0.2) is 5.76 Å². The molecule has 0 amide bonds. The molecule has 7 nitrogen and oxygen atoms in total. The molecule has 2 heterocycles. The van der Waals surface area contributed by atoms with Crippen LogP contribution in [0.4, 0.5) is 5.95 Å². The number of anilines is 1. The van der Waals surface area contributed by atoms with E-state index in [9.17, 15) is 0 Å². The van der Waals surface area contributed by atoms with Crippen molar-refractivity contribution in [3.63, 3.8) is 0 Å². The van der Waals surface area contributed by atoms with E-state index in [4.69, 9.17) is 13.9 Å². The second kappa shape index (κ2) is 6.66. The lowest BCUT2D eigenvalue weighted by Crippen LogP contribution is -2.06. The van der Waals surface area contributed by atoms with Crippen LogP contribution in [-0.2, 0) is 0 Å². The topological polar surface area (TPSA) is 74.3 Å². The molecular weight excluding hydrogens is 316 g/mol. The Morgan fingerprint density at radius 2 is 1.83 bits per heavy atom. The van der Waals surface area contributed by atoms with Crippen molar-refractivity contribution in [2.45, 2.75) is 0 Å². The van der Waals surface area contributed by atoms with Crippen LogP contribution < -0.4 is 14.2 Å². The van der Waals surface area contributed by atoms with Crippen molar-refractivity contribution in [1.29, 1.82) is 0 Å². The van der Waals surface area contributed by atoms with E-state index < -0.39 is 0 Å². The highest BCUT2D eigenvalue weighted by atomic mass is 32.2. The smallest absolute Gasteiger partial charge is 0.239 e. The van der Waals surface area contributed by atoms with Crippen molar-refractivity contribution in [3.05, 3.63) is 36.6 Å². The second-order valence-electron chi connectivity index (χ2n) is 4.48. The lowest BCUT2D eigenvalue weighted by atomic mass is 10.2. The minimum Gasteiger partial charge on any atom is -0.494 e. The zero-order chi connectivity index (χ0) is 16.2. The predicted molar refractivity (Wildman–Crippen MR) is 89.3 cm³/mol. The number of furan rings is 1. The molecule has 1 N–H and O–H groups in total. The van der Waals surface area contributed by atoms with Crippen LogP contribution in [0.1, 0.15) is 0 Å². The first kappa shape index (κ1) is 15.3. The van der Waals surface area contributed by atoms with E-state index >= 15 is 0 Å². The van der Waals surface area contributed by atoms with Crippen molar-refractivity contribution in [2.75, 3.05) is 25.2 Å². The predicted octanol–water partition coefficient (Wildman–Crippen LogP) is 3.23. The molecule has 0 saturated heterocycles. The maximum atomic E-state index is 5.50. The van der Waals surface area contributed by atoms with Gasteiger partial charge in [0.1, 0.15) is 17.2 Å². The zero-order valence-electron chi connectivity index (χ0n) is 12.9. The zero-order valence-corrected chi connectivity index (χ0v) is 13.8. The molecule has 1 aromatic carbocycles. The molecule has 3 rings (SSSR count). The number of hydrogen-bond acceptors (Lipinski definition) is 7. The number of benzene rings is 1. The highest BCUT2D eigenvalue weighted by Gasteiger charge is 2.23. The third-order valence-electron chi connectivity index (χ3n) is 3.22. The maximum absolute atomic E-state index is 5.50. The van der Waals surface area contributed by atoms with Gasteiger partial charge in [-0.2, -0.15) is 0 Å². The Bertz CT molecular complexity index is 764. The molecule has 0 fully saturated rings. The molecule has 0 bridgehead atoms. The molecule has 23 heavy (non-hydrogen) atoms. The highest BCUT2D eigenvalue weighted by molar-refractivity contribution is 7.99. The minimum absolute atomic E-state index is 0.548. The van der Waals surface area contributed by atoms with E-state index in [2.05, 4.69) is 14.9 Å². The van der Waals surface area contributed by atoms with Crippen LogP contribution in [0.2, 0.25) is 0 Å². The largest absolute Gasteiger partial charge is 0.494 e. The van der Waals surface area contributed by atoms with Crippen LogP contribution in [0.3, 0.4) is 0 Å². The maximum Gasteiger partial charge on any atom is 0.239 e. The number of para-hydroxylation sites is 1. The first-order chi connectivity index (χ1) is 11.3. The Labute approximate surface area is 137 Å². The molecule has 0 aliphatic carbocycles. The van der Waals surface area contributed by atoms with Gasteiger partial charge in [-0.3, -0.25) is 9.29 Å². The standard InChI is InChI=1S/C15H16N4O3S/c1-20-10-6-4-7-11(21-2)13(10)19-14(12-8-5-9-22-12)16-17-15(19)18-23-3/h4-9H,1-3H3,(H,17,18).